The summed E-state index contributed by atoms with van der Waals surface area (Å²) < 4.78 is 11.1. The lowest BCUT2D eigenvalue weighted by Gasteiger charge is -2.08. The van der Waals surface area contributed by atoms with E-state index in [2.05, 4.69) is 0 Å². The first-order valence-electron chi connectivity index (χ1n) is 5.54. The molecule has 0 saturated heterocycles. The van der Waals surface area contributed by atoms with E-state index in [0.717, 1.165) is 17.2 Å². The predicted octanol–water partition coefficient (Wildman–Crippen LogP) is 3.46. The first-order chi connectivity index (χ1) is 8.28. The molecule has 0 heterocycles. The molecule has 0 spiro atoms. The SMILES string of the molecule is CCOc1cccc(Oc2cccc(N)c2)c1. The average molecular weight is 229 g/mol. The van der Waals surface area contributed by atoms with Gasteiger partial charge < -0.3 is 15.2 Å². The molecule has 0 aliphatic heterocycles. The summed E-state index contributed by atoms with van der Waals surface area (Å²) in [5, 5.41) is 0. The molecule has 2 N–H and O–H groups in total. The maximum Gasteiger partial charge on any atom is 0.131 e. The average Bonchev–Trinajstić information content (AvgIpc) is 2.30. The van der Waals surface area contributed by atoms with Crippen molar-refractivity contribution in [3.05, 3.63) is 48.5 Å². The van der Waals surface area contributed by atoms with E-state index in [4.69, 9.17) is 15.2 Å². The van der Waals surface area contributed by atoms with Gasteiger partial charge in [-0.05, 0) is 31.2 Å². The number of rotatable bonds is 4. The van der Waals surface area contributed by atoms with Crippen LogP contribution < -0.4 is 15.2 Å². The maximum absolute atomic E-state index is 5.69. The monoisotopic (exact) mass is 229 g/mol. The van der Waals surface area contributed by atoms with Crippen LogP contribution in [0.5, 0.6) is 17.2 Å². The lowest BCUT2D eigenvalue weighted by molar-refractivity contribution is 0.338. The molecular formula is C14H15NO2. The van der Waals surface area contributed by atoms with Crippen molar-refractivity contribution in [1.29, 1.82) is 0 Å². The van der Waals surface area contributed by atoms with Crippen molar-refractivity contribution < 1.29 is 9.47 Å². The molecule has 0 fully saturated rings. The minimum absolute atomic E-state index is 0.641. The van der Waals surface area contributed by atoms with Gasteiger partial charge in [-0.1, -0.05) is 12.1 Å². The van der Waals surface area contributed by atoms with Crippen molar-refractivity contribution in [2.45, 2.75) is 6.92 Å². The summed E-state index contributed by atoms with van der Waals surface area (Å²) >= 11 is 0. The van der Waals surface area contributed by atoms with Gasteiger partial charge in [0.15, 0.2) is 0 Å². The highest BCUT2D eigenvalue weighted by Gasteiger charge is 1.99. The number of anilines is 1. The lowest BCUT2D eigenvalue weighted by Crippen LogP contribution is -1.92. The summed E-state index contributed by atoms with van der Waals surface area (Å²) in [5.74, 6) is 2.26. The maximum atomic E-state index is 5.69. The molecule has 3 nitrogen and oxygen atoms in total. The Morgan fingerprint density at radius 2 is 1.59 bits per heavy atom. The molecule has 2 aromatic carbocycles. The van der Waals surface area contributed by atoms with Crippen LogP contribution >= 0.6 is 0 Å². The zero-order chi connectivity index (χ0) is 12.1. The van der Waals surface area contributed by atoms with Gasteiger partial charge in [-0.15, -0.1) is 0 Å². The van der Waals surface area contributed by atoms with E-state index in [0.29, 0.717) is 12.3 Å². The molecule has 0 atom stereocenters. The highest BCUT2D eigenvalue weighted by Crippen LogP contribution is 2.26. The third-order valence-electron chi connectivity index (χ3n) is 2.21. The van der Waals surface area contributed by atoms with Gasteiger partial charge in [-0.3, -0.25) is 0 Å². The Morgan fingerprint density at radius 1 is 0.941 bits per heavy atom. The Morgan fingerprint density at radius 3 is 2.29 bits per heavy atom. The van der Waals surface area contributed by atoms with Gasteiger partial charge in [0.25, 0.3) is 0 Å². The van der Waals surface area contributed by atoms with Crippen LogP contribution in [0, 0.1) is 0 Å². The van der Waals surface area contributed by atoms with Crippen LogP contribution in [-0.4, -0.2) is 6.61 Å². The molecular weight excluding hydrogens is 214 g/mol. The molecule has 0 radical (unpaired) electrons. The molecule has 0 unspecified atom stereocenters. The van der Waals surface area contributed by atoms with Crippen molar-refractivity contribution >= 4 is 5.69 Å². The van der Waals surface area contributed by atoms with Crippen molar-refractivity contribution in [1.82, 2.24) is 0 Å². The fourth-order valence-corrected chi connectivity index (χ4v) is 1.51. The molecule has 0 aliphatic rings. The van der Waals surface area contributed by atoms with Crippen LogP contribution in [0.4, 0.5) is 5.69 Å². The number of nitrogen functional groups attached to an aromatic ring is 1. The summed E-state index contributed by atoms with van der Waals surface area (Å²) in [5.41, 5.74) is 6.37. The zero-order valence-corrected chi connectivity index (χ0v) is 9.72. The molecule has 0 aromatic heterocycles. The summed E-state index contributed by atoms with van der Waals surface area (Å²) in [6.07, 6.45) is 0. The molecule has 0 saturated carbocycles. The summed E-state index contributed by atoms with van der Waals surface area (Å²) in [6.45, 7) is 2.59. The fraction of sp³-hybridized carbons (Fsp3) is 0.143. The standard InChI is InChI=1S/C14H15NO2/c1-2-16-12-6-4-8-14(10-12)17-13-7-3-5-11(15)9-13/h3-10H,2,15H2,1H3. The Labute approximate surface area is 101 Å². The second kappa shape index (κ2) is 5.25. The van der Waals surface area contributed by atoms with Gasteiger partial charge in [0.05, 0.1) is 6.61 Å². The highest BCUT2D eigenvalue weighted by molar-refractivity contribution is 5.45. The van der Waals surface area contributed by atoms with Crippen LogP contribution in [0.25, 0.3) is 0 Å². The molecule has 0 aliphatic carbocycles. The van der Waals surface area contributed by atoms with Gasteiger partial charge in [-0.2, -0.15) is 0 Å². The van der Waals surface area contributed by atoms with Gasteiger partial charge >= 0.3 is 0 Å². The quantitative estimate of drug-likeness (QED) is 0.816. The minimum atomic E-state index is 0.641. The number of hydrogen-bond donors (Lipinski definition) is 1. The Kier molecular flexibility index (Phi) is 3.50. The molecule has 2 aromatic rings. The molecule has 17 heavy (non-hydrogen) atoms. The van der Waals surface area contributed by atoms with Crippen LogP contribution in [0.2, 0.25) is 0 Å². The Bertz CT molecular complexity index is 497. The number of hydrogen-bond acceptors (Lipinski definition) is 3. The topological polar surface area (TPSA) is 44.5 Å². The minimum Gasteiger partial charge on any atom is -0.494 e. The molecule has 0 amide bonds. The van der Waals surface area contributed by atoms with Crippen LogP contribution in [0.1, 0.15) is 6.92 Å². The Hall–Kier alpha value is -2.16. The summed E-state index contributed by atoms with van der Waals surface area (Å²) in [4.78, 5) is 0. The van der Waals surface area contributed by atoms with E-state index in [1.165, 1.54) is 0 Å². The lowest BCUT2D eigenvalue weighted by atomic mass is 10.3. The summed E-state index contributed by atoms with van der Waals surface area (Å²) in [7, 11) is 0. The first-order valence-corrected chi connectivity index (χ1v) is 5.54. The van der Waals surface area contributed by atoms with Crippen molar-refractivity contribution in [3.63, 3.8) is 0 Å². The van der Waals surface area contributed by atoms with E-state index in [9.17, 15) is 0 Å². The number of nitrogens with two attached hydrogens (primary N) is 1. The van der Waals surface area contributed by atoms with E-state index < -0.39 is 0 Å². The molecule has 0 bridgehead atoms. The van der Waals surface area contributed by atoms with E-state index in [1.807, 2.05) is 49.4 Å². The number of ether oxygens (including phenoxy) is 2. The van der Waals surface area contributed by atoms with Crippen LogP contribution in [-0.2, 0) is 0 Å². The second-order valence-corrected chi connectivity index (χ2v) is 3.58. The molecule has 3 heteroatoms. The number of benzene rings is 2. The van der Waals surface area contributed by atoms with Crippen molar-refractivity contribution in [2.75, 3.05) is 12.3 Å². The van der Waals surface area contributed by atoms with Gasteiger partial charge in [0.1, 0.15) is 17.2 Å². The highest BCUT2D eigenvalue weighted by atomic mass is 16.5. The van der Waals surface area contributed by atoms with Crippen LogP contribution in [0.3, 0.4) is 0 Å². The van der Waals surface area contributed by atoms with Gasteiger partial charge in [0, 0.05) is 17.8 Å². The zero-order valence-electron chi connectivity index (χ0n) is 9.72. The smallest absolute Gasteiger partial charge is 0.131 e. The molecule has 88 valence electrons. The third-order valence-corrected chi connectivity index (χ3v) is 2.21. The molecule has 2 rings (SSSR count). The van der Waals surface area contributed by atoms with Crippen molar-refractivity contribution in [3.8, 4) is 17.2 Å². The Balaban J connectivity index is 2.15. The van der Waals surface area contributed by atoms with E-state index >= 15 is 0 Å². The van der Waals surface area contributed by atoms with Gasteiger partial charge in [0.2, 0.25) is 0 Å². The largest absolute Gasteiger partial charge is 0.494 e. The normalized spacial score (nSPS) is 9.94. The van der Waals surface area contributed by atoms with E-state index in [1.54, 1.807) is 6.07 Å². The fourth-order valence-electron chi connectivity index (χ4n) is 1.51. The van der Waals surface area contributed by atoms with E-state index in [-0.39, 0.29) is 0 Å². The third kappa shape index (κ3) is 3.14. The second-order valence-electron chi connectivity index (χ2n) is 3.58. The first kappa shape index (κ1) is 11.3. The van der Waals surface area contributed by atoms with Crippen LogP contribution in [0.15, 0.2) is 48.5 Å². The van der Waals surface area contributed by atoms with Crippen molar-refractivity contribution in [2.24, 2.45) is 0 Å². The summed E-state index contributed by atoms with van der Waals surface area (Å²) in [6, 6.07) is 14.9. The predicted molar refractivity (Wildman–Crippen MR) is 68.5 cm³/mol. The van der Waals surface area contributed by atoms with Gasteiger partial charge in [-0.25, -0.2) is 0 Å².